The number of aromatic nitrogens is 1. The van der Waals surface area contributed by atoms with Crippen LogP contribution in [0.3, 0.4) is 0 Å². The van der Waals surface area contributed by atoms with Crippen molar-refractivity contribution < 1.29 is 27.4 Å². The van der Waals surface area contributed by atoms with Crippen LogP contribution in [0.2, 0.25) is 0 Å². The molecule has 0 aromatic carbocycles. The highest BCUT2D eigenvalue weighted by Gasteiger charge is 2.26. The van der Waals surface area contributed by atoms with Gasteiger partial charge in [-0.2, -0.15) is 18.2 Å². The molecule has 25 heavy (non-hydrogen) atoms. The molecule has 0 bridgehead atoms. The zero-order valence-corrected chi connectivity index (χ0v) is 14.3. The Morgan fingerprint density at radius 3 is 2.68 bits per heavy atom. The Morgan fingerprint density at radius 1 is 1.40 bits per heavy atom. The summed E-state index contributed by atoms with van der Waals surface area (Å²) in [5.41, 5.74) is 0.896. The summed E-state index contributed by atoms with van der Waals surface area (Å²) in [4.78, 5) is 18.7. The summed E-state index contributed by atoms with van der Waals surface area (Å²) in [5, 5.41) is 2.49. The average Bonchev–Trinajstić information content (AvgIpc) is 2.57. The van der Waals surface area contributed by atoms with Crippen molar-refractivity contribution in [2.24, 2.45) is 0 Å². The van der Waals surface area contributed by atoms with Crippen LogP contribution in [0.1, 0.15) is 28.8 Å². The third-order valence-corrected chi connectivity index (χ3v) is 3.85. The maximum Gasteiger partial charge on any atom is 0.389 e. The van der Waals surface area contributed by atoms with Crippen molar-refractivity contribution in [3.05, 3.63) is 17.2 Å². The molecule has 1 aromatic heterocycles. The Bertz CT molecular complexity index is 602. The number of nitrogens with one attached hydrogen (secondary N) is 1. The molecule has 2 heterocycles. The molecular formula is C16H22F3N3O3. The molecule has 1 aliphatic heterocycles. The SMILES string of the molecule is COc1nc(N2CCOCC2)cc(C)c1C(=O)NCCCC(F)(F)F. The van der Waals surface area contributed by atoms with Crippen LogP contribution in [0.5, 0.6) is 5.88 Å². The molecule has 0 atom stereocenters. The Kier molecular flexibility index (Phi) is 6.46. The second-order valence-electron chi connectivity index (χ2n) is 5.76. The van der Waals surface area contributed by atoms with Crippen molar-refractivity contribution in [1.82, 2.24) is 10.3 Å². The number of methoxy groups -OCH3 is 1. The lowest BCUT2D eigenvalue weighted by atomic mass is 10.1. The van der Waals surface area contributed by atoms with Gasteiger partial charge in [-0.1, -0.05) is 0 Å². The third-order valence-electron chi connectivity index (χ3n) is 3.85. The molecule has 1 aromatic rings. The molecule has 1 fully saturated rings. The molecule has 0 unspecified atom stereocenters. The van der Waals surface area contributed by atoms with Crippen molar-refractivity contribution in [3.63, 3.8) is 0 Å². The van der Waals surface area contributed by atoms with E-state index in [4.69, 9.17) is 9.47 Å². The molecule has 1 aliphatic rings. The quantitative estimate of drug-likeness (QED) is 0.788. The molecule has 1 N–H and O–H groups in total. The van der Waals surface area contributed by atoms with E-state index in [2.05, 4.69) is 10.3 Å². The number of carbonyl (C=O) groups is 1. The van der Waals surface area contributed by atoms with Crippen LogP contribution < -0.4 is 15.0 Å². The van der Waals surface area contributed by atoms with Crippen LogP contribution in [0.25, 0.3) is 0 Å². The van der Waals surface area contributed by atoms with Crippen LogP contribution in [-0.4, -0.2) is 57.0 Å². The van der Waals surface area contributed by atoms with E-state index in [0.29, 0.717) is 37.7 Å². The first-order valence-corrected chi connectivity index (χ1v) is 8.05. The number of carbonyl (C=O) groups excluding carboxylic acids is 1. The van der Waals surface area contributed by atoms with Gasteiger partial charge in [-0.15, -0.1) is 0 Å². The normalized spacial score (nSPS) is 15.2. The molecule has 0 radical (unpaired) electrons. The Balaban J connectivity index is 2.07. The summed E-state index contributed by atoms with van der Waals surface area (Å²) in [6.45, 7) is 4.27. The number of anilines is 1. The number of halogens is 3. The molecule has 0 saturated carbocycles. The van der Waals surface area contributed by atoms with Gasteiger partial charge < -0.3 is 19.7 Å². The van der Waals surface area contributed by atoms with E-state index in [1.54, 1.807) is 13.0 Å². The fourth-order valence-corrected chi connectivity index (χ4v) is 2.58. The Labute approximate surface area is 144 Å². The first-order valence-electron chi connectivity index (χ1n) is 8.05. The van der Waals surface area contributed by atoms with Crippen LogP contribution in [0, 0.1) is 6.92 Å². The minimum absolute atomic E-state index is 0.0633. The second kappa shape index (κ2) is 8.37. The van der Waals surface area contributed by atoms with E-state index in [-0.39, 0.29) is 24.4 Å². The largest absolute Gasteiger partial charge is 0.480 e. The lowest BCUT2D eigenvalue weighted by Crippen LogP contribution is -2.37. The summed E-state index contributed by atoms with van der Waals surface area (Å²) < 4.78 is 47.0. The number of hydrogen-bond acceptors (Lipinski definition) is 5. The van der Waals surface area contributed by atoms with Gasteiger partial charge in [0, 0.05) is 26.1 Å². The minimum Gasteiger partial charge on any atom is -0.480 e. The third kappa shape index (κ3) is 5.48. The fourth-order valence-electron chi connectivity index (χ4n) is 2.58. The smallest absolute Gasteiger partial charge is 0.389 e. The maximum atomic E-state index is 12.3. The number of aryl methyl sites for hydroxylation is 1. The molecular weight excluding hydrogens is 339 g/mol. The monoisotopic (exact) mass is 361 g/mol. The highest BCUT2D eigenvalue weighted by atomic mass is 19.4. The van der Waals surface area contributed by atoms with Crippen LogP contribution in [0.4, 0.5) is 19.0 Å². The van der Waals surface area contributed by atoms with E-state index in [9.17, 15) is 18.0 Å². The van der Waals surface area contributed by atoms with E-state index >= 15 is 0 Å². The Morgan fingerprint density at radius 2 is 2.08 bits per heavy atom. The standard InChI is InChI=1S/C16H22F3N3O3/c1-11-10-12(22-6-8-25-9-7-22)21-15(24-2)13(11)14(23)20-5-3-4-16(17,18)19/h10H,3-9H2,1-2H3,(H,20,23). The average molecular weight is 361 g/mol. The van der Waals surface area contributed by atoms with E-state index in [0.717, 1.165) is 0 Å². The van der Waals surface area contributed by atoms with Crippen molar-refractivity contribution in [1.29, 1.82) is 0 Å². The summed E-state index contributed by atoms with van der Waals surface area (Å²) in [6.07, 6.45) is -5.33. The highest BCUT2D eigenvalue weighted by molar-refractivity contribution is 5.98. The van der Waals surface area contributed by atoms with Crippen LogP contribution in [-0.2, 0) is 4.74 Å². The van der Waals surface area contributed by atoms with Gasteiger partial charge in [0.1, 0.15) is 11.4 Å². The molecule has 9 heteroatoms. The van der Waals surface area contributed by atoms with Crippen LogP contribution >= 0.6 is 0 Å². The number of pyridine rings is 1. The number of rotatable bonds is 6. The van der Waals surface area contributed by atoms with E-state index < -0.39 is 18.5 Å². The summed E-state index contributed by atoms with van der Waals surface area (Å²) in [7, 11) is 1.41. The van der Waals surface area contributed by atoms with Gasteiger partial charge in [0.15, 0.2) is 0 Å². The molecule has 0 aliphatic carbocycles. The highest BCUT2D eigenvalue weighted by Crippen LogP contribution is 2.26. The molecule has 6 nitrogen and oxygen atoms in total. The molecule has 0 spiro atoms. The molecule has 1 saturated heterocycles. The van der Waals surface area contributed by atoms with Gasteiger partial charge in [-0.3, -0.25) is 4.79 Å². The lowest BCUT2D eigenvalue weighted by molar-refractivity contribution is -0.135. The van der Waals surface area contributed by atoms with E-state index in [1.165, 1.54) is 7.11 Å². The first kappa shape index (κ1) is 19.3. The first-order chi connectivity index (χ1) is 11.8. The second-order valence-corrected chi connectivity index (χ2v) is 5.76. The van der Waals surface area contributed by atoms with Gasteiger partial charge >= 0.3 is 6.18 Å². The maximum absolute atomic E-state index is 12.3. The summed E-state index contributed by atoms with van der Waals surface area (Å²) >= 11 is 0. The van der Waals surface area contributed by atoms with Gasteiger partial charge in [0.25, 0.3) is 5.91 Å². The zero-order valence-electron chi connectivity index (χ0n) is 14.3. The summed E-state index contributed by atoms with van der Waals surface area (Å²) in [6, 6.07) is 1.78. The number of nitrogens with zero attached hydrogens (tertiary/aromatic N) is 2. The topological polar surface area (TPSA) is 63.7 Å². The van der Waals surface area contributed by atoms with Crippen molar-refractivity contribution >= 4 is 11.7 Å². The predicted octanol–water partition coefficient (Wildman–Crippen LogP) is 2.31. The lowest BCUT2D eigenvalue weighted by Gasteiger charge is -2.28. The van der Waals surface area contributed by atoms with Crippen LogP contribution in [0.15, 0.2) is 6.07 Å². The van der Waals surface area contributed by atoms with Crippen molar-refractivity contribution in [2.75, 3.05) is 44.9 Å². The number of morpholine rings is 1. The van der Waals surface area contributed by atoms with Crippen molar-refractivity contribution in [3.8, 4) is 5.88 Å². The molecule has 140 valence electrons. The fraction of sp³-hybridized carbons (Fsp3) is 0.625. The van der Waals surface area contributed by atoms with Gasteiger partial charge in [-0.25, -0.2) is 0 Å². The van der Waals surface area contributed by atoms with Crippen molar-refractivity contribution in [2.45, 2.75) is 25.9 Å². The number of ether oxygens (including phenoxy) is 2. The molecule has 1 amide bonds. The zero-order chi connectivity index (χ0) is 18.4. The minimum atomic E-state index is -4.22. The number of amides is 1. The van der Waals surface area contributed by atoms with Gasteiger partial charge in [0.2, 0.25) is 5.88 Å². The summed E-state index contributed by atoms with van der Waals surface area (Å²) in [5.74, 6) is 0.360. The number of hydrogen-bond donors (Lipinski definition) is 1. The number of alkyl halides is 3. The van der Waals surface area contributed by atoms with E-state index in [1.807, 2.05) is 4.90 Å². The Hall–Kier alpha value is -2.03. The van der Waals surface area contributed by atoms with Gasteiger partial charge in [-0.05, 0) is 25.0 Å². The molecule has 2 rings (SSSR count). The predicted molar refractivity (Wildman–Crippen MR) is 86.2 cm³/mol. The van der Waals surface area contributed by atoms with Gasteiger partial charge in [0.05, 0.1) is 20.3 Å².